The maximum atomic E-state index is 5.78. The van der Waals surface area contributed by atoms with Gasteiger partial charge in [0, 0.05) is 30.5 Å². The summed E-state index contributed by atoms with van der Waals surface area (Å²) in [4.78, 5) is 0. The molecule has 0 heterocycles. The van der Waals surface area contributed by atoms with Crippen molar-refractivity contribution in [2.45, 2.75) is 13.0 Å². The average molecular weight is 318 g/mol. The Morgan fingerprint density at radius 2 is 1.89 bits per heavy atom. The van der Waals surface area contributed by atoms with E-state index in [1.165, 1.54) is 0 Å². The number of rotatable bonds is 9. The monoisotopic (exact) mass is 317 g/mol. The van der Waals surface area contributed by atoms with Crippen LogP contribution in [0.25, 0.3) is 0 Å². The summed E-state index contributed by atoms with van der Waals surface area (Å²) in [5.41, 5.74) is 7.60. The molecule has 0 aliphatic heterocycles. The first-order valence-electron chi connectivity index (χ1n) is 5.92. The molecule has 0 spiro atoms. The Hall–Kier alpha value is -0.620. The summed E-state index contributed by atoms with van der Waals surface area (Å²) in [5, 5.41) is 0. The lowest BCUT2D eigenvalue weighted by Crippen LogP contribution is -2.05. The molecule has 0 aliphatic rings. The Morgan fingerprint density at radius 3 is 2.61 bits per heavy atom. The SMILES string of the molecule is COCCOCCCOCc1ccc(Br)c(N)c1. The summed E-state index contributed by atoms with van der Waals surface area (Å²) in [7, 11) is 1.66. The van der Waals surface area contributed by atoms with Gasteiger partial charge in [-0.3, -0.25) is 0 Å². The molecule has 0 radical (unpaired) electrons. The number of halogens is 1. The number of anilines is 1. The highest BCUT2D eigenvalue weighted by Gasteiger charge is 1.98. The van der Waals surface area contributed by atoms with Crippen LogP contribution in [0.4, 0.5) is 5.69 Å². The fraction of sp³-hybridized carbons (Fsp3) is 0.538. The Balaban J connectivity index is 2.05. The number of nitrogens with two attached hydrogens (primary N) is 1. The van der Waals surface area contributed by atoms with Crippen LogP contribution in [0, 0.1) is 0 Å². The summed E-state index contributed by atoms with van der Waals surface area (Å²) < 4.78 is 16.7. The third-order valence-corrected chi connectivity index (χ3v) is 3.06. The summed E-state index contributed by atoms with van der Waals surface area (Å²) in [6.45, 7) is 3.24. The smallest absolute Gasteiger partial charge is 0.0717 e. The van der Waals surface area contributed by atoms with Gasteiger partial charge >= 0.3 is 0 Å². The molecule has 0 fully saturated rings. The number of nitrogen functional groups attached to an aromatic ring is 1. The van der Waals surface area contributed by atoms with Crippen LogP contribution in [0.15, 0.2) is 22.7 Å². The number of benzene rings is 1. The zero-order chi connectivity index (χ0) is 13.2. The molecular weight excluding hydrogens is 298 g/mol. The Bertz CT molecular complexity index is 347. The average Bonchev–Trinajstić information content (AvgIpc) is 2.37. The van der Waals surface area contributed by atoms with Gasteiger partial charge in [0.1, 0.15) is 0 Å². The molecule has 2 N–H and O–H groups in total. The van der Waals surface area contributed by atoms with Crippen LogP contribution in [0.1, 0.15) is 12.0 Å². The molecule has 1 aromatic rings. The third kappa shape index (κ3) is 6.35. The Morgan fingerprint density at radius 1 is 1.11 bits per heavy atom. The minimum absolute atomic E-state index is 0.579. The van der Waals surface area contributed by atoms with Crippen LogP contribution in [-0.2, 0) is 20.8 Å². The number of ether oxygens (including phenoxy) is 3. The number of hydrogen-bond acceptors (Lipinski definition) is 4. The lowest BCUT2D eigenvalue weighted by atomic mass is 10.2. The summed E-state index contributed by atoms with van der Waals surface area (Å²) >= 11 is 3.36. The topological polar surface area (TPSA) is 53.7 Å². The van der Waals surface area contributed by atoms with Crippen molar-refractivity contribution in [2.75, 3.05) is 39.3 Å². The van der Waals surface area contributed by atoms with E-state index < -0.39 is 0 Å². The highest BCUT2D eigenvalue weighted by molar-refractivity contribution is 9.10. The molecule has 18 heavy (non-hydrogen) atoms. The lowest BCUT2D eigenvalue weighted by molar-refractivity contribution is 0.0483. The van der Waals surface area contributed by atoms with E-state index in [2.05, 4.69) is 15.9 Å². The van der Waals surface area contributed by atoms with Gasteiger partial charge in [-0.25, -0.2) is 0 Å². The Kier molecular flexibility index (Phi) is 8.00. The van der Waals surface area contributed by atoms with Crippen LogP contribution >= 0.6 is 15.9 Å². The maximum Gasteiger partial charge on any atom is 0.0717 e. The molecule has 0 aliphatic carbocycles. The van der Waals surface area contributed by atoms with Crippen LogP contribution in [0.3, 0.4) is 0 Å². The summed E-state index contributed by atoms with van der Waals surface area (Å²) in [6.07, 6.45) is 0.885. The first-order chi connectivity index (χ1) is 8.74. The van der Waals surface area contributed by atoms with Crippen molar-refractivity contribution in [3.05, 3.63) is 28.2 Å². The first-order valence-corrected chi connectivity index (χ1v) is 6.71. The first kappa shape index (κ1) is 15.4. The molecule has 0 aromatic heterocycles. The molecular formula is C13H20BrNO3. The molecule has 0 saturated carbocycles. The van der Waals surface area contributed by atoms with E-state index in [0.29, 0.717) is 33.0 Å². The normalized spacial score (nSPS) is 10.8. The van der Waals surface area contributed by atoms with Gasteiger partial charge in [0.25, 0.3) is 0 Å². The van der Waals surface area contributed by atoms with Gasteiger partial charge in [-0.05, 0) is 40.0 Å². The largest absolute Gasteiger partial charge is 0.398 e. The van der Waals surface area contributed by atoms with Gasteiger partial charge in [-0.2, -0.15) is 0 Å². The van der Waals surface area contributed by atoms with Crippen molar-refractivity contribution in [2.24, 2.45) is 0 Å². The quantitative estimate of drug-likeness (QED) is 0.562. The number of methoxy groups -OCH3 is 1. The molecule has 1 rings (SSSR count). The van der Waals surface area contributed by atoms with Crippen molar-refractivity contribution in [3.63, 3.8) is 0 Å². The zero-order valence-corrected chi connectivity index (χ0v) is 12.2. The van der Waals surface area contributed by atoms with E-state index in [4.69, 9.17) is 19.9 Å². The minimum Gasteiger partial charge on any atom is -0.398 e. The van der Waals surface area contributed by atoms with Crippen LogP contribution < -0.4 is 5.73 Å². The highest BCUT2D eigenvalue weighted by Crippen LogP contribution is 2.20. The van der Waals surface area contributed by atoms with Crippen molar-refractivity contribution in [1.82, 2.24) is 0 Å². The van der Waals surface area contributed by atoms with Crippen LogP contribution in [0.2, 0.25) is 0 Å². The standard InChI is InChI=1S/C13H20BrNO3/c1-16-7-8-17-5-2-6-18-10-11-3-4-12(14)13(15)9-11/h3-4,9H,2,5-8,10,15H2,1H3. The van der Waals surface area contributed by atoms with Gasteiger partial charge in [0.15, 0.2) is 0 Å². The van der Waals surface area contributed by atoms with E-state index in [-0.39, 0.29) is 0 Å². The van der Waals surface area contributed by atoms with E-state index in [9.17, 15) is 0 Å². The van der Waals surface area contributed by atoms with Gasteiger partial charge in [0.05, 0.1) is 19.8 Å². The minimum atomic E-state index is 0.579. The van der Waals surface area contributed by atoms with E-state index in [1.807, 2.05) is 18.2 Å². The van der Waals surface area contributed by atoms with Gasteiger partial charge in [-0.15, -0.1) is 0 Å². The molecule has 0 unspecified atom stereocenters. The highest BCUT2D eigenvalue weighted by atomic mass is 79.9. The van der Waals surface area contributed by atoms with E-state index in [1.54, 1.807) is 7.11 Å². The predicted octanol–water partition coefficient (Wildman–Crippen LogP) is 2.60. The summed E-state index contributed by atoms with van der Waals surface area (Å²) in [6, 6.07) is 5.84. The lowest BCUT2D eigenvalue weighted by Gasteiger charge is -2.07. The Labute approximate surface area is 117 Å². The molecule has 0 saturated heterocycles. The van der Waals surface area contributed by atoms with Crippen molar-refractivity contribution >= 4 is 21.6 Å². The zero-order valence-electron chi connectivity index (χ0n) is 10.7. The van der Waals surface area contributed by atoms with Crippen molar-refractivity contribution < 1.29 is 14.2 Å². The molecule has 102 valence electrons. The summed E-state index contributed by atoms with van der Waals surface area (Å²) in [5.74, 6) is 0. The fourth-order valence-electron chi connectivity index (χ4n) is 1.38. The molecule has 1 aromatic carbocycles. The third-order valence-electron chi connectivity index (χ3n) is 2.34. The van der Waals surface area contributed by atoms with Crippen molar-refractivity contribution in [1.29, 1.82) is 0 Å². The fourth-order valence-corrected chi connectivity index (χ4v) is 1.63. The molecule has 0 atom stereocenters. The molecule has 5 heteroatoms. The van der Waals surface area contributed by atoms with E-state index >= 15 is 0 Å². The number of hydrogen-bond donors (Lipinski definition) is 1. The molecule has 0 bridgehead atoms. The maximum absolute atomic E-state index is 5.78. The van der Waals surface area contributed by atoms with Gasteiger partial charge in [-0.1, -0.05) is 6.07 Å². The second kappa shape index (κ2) is 9.33. The van der Waals surface area contributed by atoms with Crippen LogP contribution in [0.5, 0.6) is 0 Å². The second-order valence-corrected chi connectivity index (χ2v) is 4.72. The van der Waals surface area contributed by atoms with Gasteiger partial charge < -0.3 is 19.9 Å². The molecule has 4 nitrogen and oxygen atoms in total. The van der Waals surface area contributed by atoms with E-state index in [0.717, 1.165) is 22.1 Å². The van der Waals surface area contributed by atoms with Crippen molar-refractivity contribution in [3.8, 4) is 0 Å². The second-order valence-electron chi connectivity index (χ2n) is 3.87. The van der Waals surface area contributed by atoms with Crippen LogP contribution in [-0.4, -0.2) is 33.5 Å². The molecule has 0 amide bonds. The predicted molar refractivity (Wildman–Crippen MR) is 75.5 cm³/mol. The van der Waals surface area contributed by atoms with Gasteiger partial charge in [0.2, 0.25) is 0 Å².